The number of methoxy groups -OCH3 is 1. The first-order chi connectivity index (χ1) is 16.4. The zero-order chi connectivity index (χ0) is 24.4. The van der Waals surface area contributed by atoms with E-state index in [4.69, 9.17) is 21.3 Å². The van der Waals surface area contributed by atoms with Crippen LogP contribution in [-0.4, -0.2) is 37.7 Å². The van der Waals surface area contributed by atoms with Crippen LogP contribution in [0.4, 0.5) is 5.69 Å². The molecule has 2 aliphatic rings. The van der Waals surface area contributed by atoms with Crippen LogP contribution in [0, 0.1) is 5.92 Å². The van der Waals surface area contributed by atoms with E-state index in [-0.39, 0.29) is 17.7 Å². The molecule has 0 aromatic heterocycles. The average molecular weight is 479 g/mol. The molecule has 178 valence electrons. The second kappa shape index (κ2) is 10.1. The molecule has 4 rings (SSSR count). The number of esters is 1. The fourth-order valence-corrected chi connectivity index (χ4v) is 5.65. The molecule has 1 aliphatic carbocycles. The topological polar surface area (TPSA) is 59.0 Å². The van der Waals surface area contributed by atoms with Crippen molar-refractivity contribution in [1.29, 1.82) is 0 Å². The van der Waals surface area contributed by atoms with Gasteiger partial charge in [0.05, 0.1) is 7.11 Å². The summed E-state index contributed by atoms with van der Waals surface area (Å²) in [6.45, 7) is 7.92. The Morgan fingerprint density at radius 1 is 1.09 bits per heavy atom. The van der Waals surface area contributed by atoms with Crippen LogP contribution < -0.4 is 4.90 Å². The largest absolute Gasteiger partial charge is 0.468 e. The maximum atomic E-state index is 13.6. The van der Waals surface area contributed by atoms with Gasteiger partial charge >= 0.3 is 5.97 Å². The predicted octanol–water partition coefficient (Wildman–Crippen LogP) is 5.93. The van der Waals surface area contributed by atoms with Crippen molar-refractivity contribution in [3.05, 3.63) is 76.0 Å². The summed E-state index contributed by atoms with van der Waals surface area (Å²) < 4.78 is 5.15. The Labute approximate surface area is 206 Å². The van der Waals surface area contributed by atoms with E-state index in [9.17, 15) is 9.59 Å². The van der Waals surface area contributed by atoms with Gasteiger partial charge in [0.1, 0.15) is 5.92 Å². The van der Waals surface area contributed by atoms with Crippen LogP contribution in [0.15, 0.2) is 64.8 Å². The van der Waals surface area contributed by atoms with Gasteiger partial charge in [0.25, 0.3) is 0 Å². The molecule has 1 heterocycles. The van der Waals surface area contributed by atoms with E-state index >= 15 is 0 Å². The summed E-state index contributed by atoms with van der Waals surface area (Å²) in [4.78, 5) is 33.5. The standard InChI is InChI=1S/C28H31ClN2O3/c1-5-31(6-2)20-13-11-18(12-14-20)26-25(28(33)34-4)17(3)30-23-15-19(16-24(32)27(23)26)21-9-7-8-10-22(21)29/h7-14,19,25-26H,5-6,15-16H2,1-4H3. The maximum absolute atomic E-state index is 13.6. The molecule has 0 N–H and O–H groups in total. The van der Waals surface area contributed by atoms with Gasteiger partial charge in [-0.05, 0) is 62.4 Å². The summed E-state index contributed by atoms with van der Waals surface area (Å²) in [5.74, 6) is -1.41. The van der Waals surface area contributed by atoms with Gasteiger partial charge in [0.2, 0.25) is 0 Å². The van der Waals surface area contributed by atoms with E-state index in [0.29, 0.717) is 29.1 Å². The van der Waals surface area contributed by atoms with E-state index in [1.165, 1.54) is 7.11 Å². The third-order valence-corrected chi connectivity index (χ3v) is 7.41. The number of carbonyl (C=O) groups excluding carboxylic acids is 2. The van der Waals surface area contributed by atoms with Crippen LogP contribution in [0.1, 0.15) is 56.6 Å². The van der Waals surface area contributed by atoms with Crippen molar-refractivity contribution in [3.63, 3.8) is 0 Å². The molecule has 0 amide bonds. The van der Waals surface area contributed by atoms with Crippen LogP contribution in [0.3, 0.4) is 0 Å². The quantitative estimate of drug-likeness (QED) is 0.482. The highest BCUT2D eigenvalue weighted by molar-refractivity contribution is 6.31. The predicted molar refractivity (Wildman–Crippen MR) is 137 cm³/mol. The molecule has 2 aromatic rings. The number of aliphatic imine (C=N–C) groups is 1. The van der Waals surface area contributed by atoms with Gasteiger partial charge < -0.3 is 9.64 Å². The number of halogens is 1. The smallest absolute Gasteiger partial charge is 0.315 e. The van der Waals surface area contributed by atoms with Crippen molar-refractivity contribution in [3.8, 4) is 0 Å². The lowest BCUT2D eigenvalue weighted by atomic mass is 9.69. The lowest BCUT2D eigenvalue weighted by Crippen LogP contribution is -2.37. The van der Waals surface area contributed by atoms with Crippen molar-refractivity contribution in [2.45, 2.75) is 45.4 Å². The molecule has 5 nitrogen and oxygen atoms in total. The van der Waals surface area contributed by atoms with Gasteiger partial charge in [-0.1, -0.05) is 41.9 Å². The lowest BCUT2D eigenvalue weighted by molar-refractivity contribution is -0.143. The summed E-state index contributed by atoms with van der Waals surface area (Å²) in [6, 6.07) is 15.9. The molecule has 0 radical (unpaired) electrons. The number of Topliss-reactive ketones (excluding diaryl/α,β-unsaturated/α-hetero) is 1. The number of benzene rings is 2. The minimum Gasteiger partial charge on any atom is -0.468 e. The molecule has 34 heavy (non-hydrogen) atoms. The molecule has 0 bridgehead atoms. The Morgan fingerprint density at radius 2 is 1.76 bits per heavy atom. The van der Waals surface area contributed by atoms with Gasteiger partial charge in [0.15, 0.2) is 5.78 Å². The fraction of sp³-hybridized carbons (Fsp3) is 0.393. The van der Waals surface area contributed by atoms with Gasteiger partial charge in [0, 0.05) is 53.1 Å². The van der Waals surface area contributed by atoms with E-state index in [0.717, 1.165) is 35.6 Å². The Bertz CT molecular complexity index is 1150. The highest BCUT2D eigenvalue weighted by Gasteiger charge is 2.44. The van der Waals surface area contributed by atoms with E-state index < -0.39 is 11.8 Å². The molecule has 6 heteroatoms. The number of allylic oxidation sites excluding steroid dienone is 2. The molecular formula is C28H31ClN2O3. The van der Waals surface area contributed by atoms with E-state index in [1.54, 1.807) is 0 Å². The van der Waals surface area contributed by atoms with Crippen molar-refractivity contribution >= 4 is 34.8 Å². The highest BCUT2D eigenvalue weighted by Crippen LogP contribution is 2.47. The second-order valence-corrected chi connectivity index (χ2v) is 9.31. The van der Waals surface area contributed by atoms with Gasteiger partial charge in [-0.3, -0.25) is 14.6 Å². The molecule has 0 spiro atoms. The van der Waals surface area contributed by atoms with Crippen LogP contribution in [-0.2, 0) is 14.3 Å². The fourth-order valence-electron chi connectivity index (χ4n) is 5.36. The van der Waals surface area contributed by atoms with Crippen LogP contribution in [0.25, 0.3) is 0 Å². The summed E-state index contributed by atoms with van der Waals surface area (Å²) >= 11 is 6.45. The molecule has 0 saturated heterocycles. The number of rotatable bonds is 6. The van der Waals surface area contributed by atoms with Crippen molar-refractivity contribution in [1.82, 2.24) is 0 Å². The SMILES string of the molecule is CCN(CC)c1ccc(C2C3=C(CC(c4ccccc4Cl)CC3=O)N=C(C)C2C(=O)OC)cc1. The third-order valence-electron chi connectivity index (χ3n) is 7.07. The normalized spacial score (nSPS) is 22.2. The summed E-state index contributed by atoms with van der Waals surface area (Å²) in [6.07, 6.45) is 0.961. The van der Waals surface area contributed by atoms with Crippen molar-refractivity contribution < 1.29 is 14.3 Å². The van der Waals surface area contributed by atoms with Gasteiger partial charge in [-0.25, -0.2) is 0 Å². The molecule has 3 unspecified atom stereocenters. The van der Waals surface area contributed by atoms with Gasteiger partial charge in [-0.2, -0.15) is 0 Å². The first-order valence-electron chi connectivity index (χ1n) is 11.9. The minimum absolute atomic E-state index is 0.0224. The Kier molecular flexibility index (Phi) is 7.22. The number of ketones is 1. The van der Waals surface area contributed by atoms with Crippen molar-refractivity contribution in [2.75, 3.05) is 25.1 Å². The second-order valence-electron chi connectivity index (χ2n) is 8.91. The first-order valence-corrected chi connectivity index (χ1v) is 12.3. The average Bonchev–Trinajstić information content (AvgIpc) is 2.84. The Hall–Kier alpha value is -2.92. The number of ether oxygens (including phenoxy) is 1. The monoisotopic (exact) mass is 478 g/mol. The van der Waals surface area contributed by atoms with E-state index in [2.05, 4.69) is 30.9 Å². The summed E-state index contributed by atoms with van der Waals surface area (Å²) in [5, 5.41) is 0.664. The number of nitrogens with zero attached hydrogens (tertiary/aromatic N) is 2. The number of hydrogen-bond acceptors (Lipinski definition) is 5. The van der Waals surface area contributed by atoms with E-state index in [1.807, 2.05) is 43.3 Å². The maximum Gasteiger partial charge on any atom is 0.315 e. The molecule has 0 fully saturated rings. The summed E-state index contributed by atoms with van der Waals surface area (Å²) in [7, 11) is 1.39. The first kappa shape index (κ1) is 24.2. The highest BCUT2D eigenvalue weighted by atomic mass is 35.5. The molecule has 1 aliphatic heterocycles. The molecule has 3 atom stereocenters. The van der Waals surface area contributed by atoms with Crippen LogP contribution in [0.5, 0.6) is 0 Å². The number of anilines is 1. The summed E-state index contributed by atoms with van der Waals surface area (Å²) in [5.41, 5.74) is 5.09. The lowest BCUT2D eigenvalue weighted by Gasteiger charge is -2.36. The number of hydrogen-bond donors (Lipinski definition) is 0. The Morgan fingerprint density at radius 3 is 2.38 bits per heavy atom. The van der Waals surface area contributed by atoms with Crippen LogP contribution >= 0.6 is 11.6 Å². The molecule has 2 aromatic carbocycles. The zero-order valence-corrected chi connectivity index (χ0v) is 20.9. The van der Waals surface area contributed by atoms with Crippen molar-refractivity contribution in [2.24, 2.45) is 10.9 Å². The van der Waals surface area contributed by atoms with Gasteiger partial charge in [-0.15, -0.1) is 0 Å². The third kappa shape index (κ3) is 4.41. The number of carbonyl (C=O) groups is 2. The minimum atomic E-state index is -0.621. The van der Waals surface area contributed by atoms with Crippen LogP contribution in [0.2, 0.25) is 5.02 Å². The zero-order valence-electron chi connectivity index (χ0n) is 20.2. The molecular weight excluding hydrogens is 448 g/mol. The molecule has 0 saturated carbocycles. The Balaban J connectivity index is 1.78.